The number of rotatable bonds is 3. The average Bonchev–Trinajstić information content (AvgIpc) is 3.02. The second kappa shape index (κ2) is 5.27. The second-order valence-corrected chi connectivity index (χ2v) is 5.32. The Morgan fingerprint density at radius 3 is 2.95 bits per heavy atom. The van der Waals surface area contributed by atoms with E-state index in [1.165, 1.54) is 11.3 Å². The first-order chi connectivity index (χ1) is 9.28. The fourth-order valence-corrected chi connectivity index (χ4v) is 3.07. The molecule has 0 saturated heterocycles. The number of aliphatic imine (C=N–C) groups is 2. The molecule has 4 nitrogen and oxygen atoms in total. The molecule has 2 N–H and O–H groups in total. The Morgan fingerprint density at radius 1 is 1.42 bits per heavy atom. The van der Waals surface area contributed by atoms with Crippen molar-refractivity contribution in [2.24, 2.45) is 15.7 Å². The molecular weight excluding hydrogens is 280 g/mol. The number of alkyl halides is 1. The largest absolute Gasteiger partial charge is 0.386 e. The molecule has 0 fully saturated rings. The van der Waals surface area contributed by atoms with Crippen LogP contribution < -0.4 is 5.73 Å². The molecule has 0 aromatic heterocycles. The molecule has 98 valence electrons. The van der Waals surface area contributed by atoms with Crippen molar-refractivity contribution in [3.63, 3.8) is 0 Å². The zero-order chi connectivity index (χ0) is 13.2. The first kappa shape index (κ1) is 12.6. The normalized spacial score (nSPS) is 18.4. The lowest BCUT2D eigenvalue weighted by Crippen LogP contribution is -2.19. The first-order valence-corrected chi connectivity index (χ1v) is 7.37. The van der Waals surface area contributed by atoms with Crippen LogP contribution in [0.3, 0.4) is 0 Å². The number of hydrogen-bond acceptors (Lipinski definition) is 4. The van der Waals surface area contributed by atoms with Gasteiger partial charge in [-0.1, -0.05) is 23.9 Å². The van der Waals surface area contributed by atoms with Crippen LogP contribution >= 0.6 is 23.4 Å². The minimum Gasteiger partial charge on any atom is -0.386 e. The van der Waals surface area contributed by atoms with Crippen molar-refractivity contribution in [1.82, 2.24) is 4.90 Å². The van der Waals surface area contributed by atoms with Crippen LogP contribution in [-0.4, -0.2) is 34.9 Å². The van der Waals surface area contributed by atoms with Crippen LogP contribution in [-0.2, 0) is 0 Å². The molecule has 0 radical (unpaired) electrons. The average molecular weight is 293 g/mol. The van der Waals surface area contributed by atoms with Crippen molar-refractivity contribution < 1.29 is 0 Å². The van der Waals surface area contributed by atoms with E-state index >= 15 is 0 Å². The molecule has 0 atom stereocenters. The van der Waals surface area contributed by atoms with Gasteiger partial charge in [-0.05, 0) is 17.7 Å². The van der Waals surface area contributed by atoms with Gasteiger partial charge in [-0.25, -0.2) is 4.99 Å². The van der Waals surface area contributed by atoms with Crippen LogP contribution in [0, 0.1) is 0 Å². The third-order valence-electron chi connectivity index (χ3n) is 2.94. The summed E-state index contributed by atoms with van der Waals surface area (Å²) in [6.45, 7) is 1.85. The fourth-order valence-electron chi connectivity index (χ4n) is 2.05. The quantitative estimate of drug-likeness (QED) is 0.529. The summed E-state index contributed by atoms with van der Waals surface area (Å²) in [6, 6.07) is 8.00. The summed E-state index contributed by atoms with van der Waals surface area (Å²) < 4.78 is 0. The summed E-state index contributed by atoms with van der Waals surface area (Å²) >= 11 is 7.29. The minimum atomic E-state index is 0.247. The Balaban J connectivity index is 1.82. The number of benzene rings is 1. The molecule has 0 spiro atoms. The molecule has 0 aliphatic carbocycles. The Kier molecular flexibility index (Phi) is 3.48. The first-order valence-electron chi connectivity index (χ1n) is 5.96. The molecule has 2 aliphatic rings. The molecule has 2 aliphatic heterocycles. The van der Waals surface area contributed by atoms with E-state index in [-0.39, 0.29) is 5.88 Å². The molecular formula is C13H13ClN4S. The Hall–Kier alpha value is -1.46. The molecule has 0 amide bonds. The predicted octanol–water partition coefficient (Wildman–Crippen LogP) is 2.63. The van der Waals surface area contributed by atoms with Gasteiger partial charge in [0.25, 0.3) is 0 Å². The lowest BCUT2D eigenvalue weighted by atomic mass is 10.1. The number of nitrogens with two attached hydrogens (primary N) is 1. The van der Waals surface area contributed by atoms with E-state index in [2.05, 4.69) is 20.3 Å². The van der Waals surface area contributed by atoms with E-state index in [0.29, 0.717) is 5.84 Å². The van der Waals surface area contributed by atoms with E-state index in [9.17, 15) is 0 Å². The third kappa shape index (κ3) is 2.48. The minimum absolute atomic E-state index is 0.247. The summed E-state index contributed by atoms with van der Waals surface area (Å²) in [5.41, 5.74) is 8.82. The van der Waals surface area contributed by atoms with Gasteiger partial charge in [-0.15, -0.1) is 11.6 Å². The lowest BCUT2D eigenvalue weighted by molar-refractivity contribution is 0.650. The molecule has 3 rings (SSSR count). The predicted molar refractivity (Wildman–Crippen MR) is 83.0 cm³/mol. The van der Waals surface area contributed by atoms with Crippen LogP contribution in [0.4, 0.5) is 5.69 Å². The summed E-state index contributed by atoms with van der Waals surface area (Å²) in [5, 5.41) is 3.24. The van der Waals surface area contributed by atoms with Crippen LogP contribution in [0.25, 0.3) is 5.70 Å². The van der Waals surface area contributed by atoms with E-state index in [4.69, 9.17) is 17.3 Å². The van der Waals surface area contributed by atoms with Gasteiger partial charge < -0.3 is 10.6 Å². The number of amidine groups is 2. The van der Waals surface area contributed by atoms with E-state index in [0.717, 1.165) is 23.9 Å². The van der Waals surface area contributed by atoms with Gasteiger partial charge in [-0.2, -0.15) is 0 Å². The number of thioether (sulfide) groups is 1. The van der Waals surface area contributed by atoms with Crippen molar-refractivity contribution in [3.05, 3.63) is 35.2 Å². The summed E-state index contributed by atoms with van der Waals surface area (Å²) in [7, 11) is 0. The highest BCUT2D eigenvalue weighted by Crippen LogP contribution is 2.35. The summed E-state index contributed by atoms with van der Waals surface area (Å²) in [6.07, 6.45) is 0. The van der Waals surface area contributed by atoms with Crippen LogP contribution in [0.15, 0.2) is 39.7 Å². The monoisotopic (exact) mass is 292 g/mol. The highest BCUT2D eigenvalue weighted by atomic mass is 35.5. The zero-order valence-electron chi connectivity index (χ0n) is 10.2. The van der Waals surface area contributed by atoms with Crippen molar-refractivity contribution in [2.75, 3.05) is 19.0 Å². The molecule has 6 heteroatoms. The topological polar surface area (TPSA) is 54.0 Å². The van der Waals surface area contributed by atoms with Crippen LogP contribution in [0.2, 0.25) is 0 Å². The molecule has 0 bridgehead atoms. The Labute approximate surface area is 121 Å². The number of hydrogen-bond donors (Lipinski definition) is 1. The fraction of sp³-hybridized carbons (Fsp3) is 0.231. The molecule has 19 heavy (non-hydrogen) atoms. The second-order valence-electron chi connectivity index (χ2n) is 4.22. The van der Waals surface area contributed by atoms with Gasteiger partial charge >= 0.3 is 0 Å². The van der Waals surface area contributed by atoms with Crippen molar-refractivity contribution in [3.8, 4) is 0 Å². The van der Waals surface area contributed by atoms with E-state index in [1.807, 2.05) is 24.3 Å². The highest BCUT2D eigenvalue weighted by Gasteiger charge is 2.26. The van der Waals surface area contributed by atoms with Gasteiger partial charge in [0.2, 0.25) is 0 Å². The van der Waals surface area contributed by atoms with Crippen molar-refractivity contribution in [1.29, 1.82) is 0 Å². The SMILES string of the molecule is NC(CCl)=Nc1ccc(C2=CSC3=NCCN23)cc1. The zero-order valence-corrected chi connectivity index (χ0v) is 11.8. The van der Waals surface area contributed by atoms with Gasteiger partial charge in [0, 0.05) is 12.0 Å². The summed E-state index contributed by atoms with van der Waals surface area (Å²) in [4.78, 5) is 10.9. The van der Waals surface area contributed by atoms with Crippen LogP contribution in [0.5, 0.6) is 0 Å². The third-order valence-corrected chi connectivity index (χ3v) is 4.12. The van der Waals surface area contributed by atoms with E-state index in [1.54, 1.807) is 11.8 Å². The van der Waals surface area contributed by atoms with Crippen molar-refractivity contribution >= 4 is 45.8 Å². The highest BCUT2D eigenvalue weighted by molar-refractivity contribution is 8.16. The summed E-state index contributed by atoms with van der Waals surface area (Å²) in [5.74, 6) is 0.677. The van der Waals surface area contributed by atoms with Crippen LogP contribution in [0.1, 0.15) is 5.56 Å². The van der Waals surface area contributed by atoms with Gasteiger partial charge in [0.15, 0.2) is 5.17 Å². The number of nitrogens with zero attached hydrogens (tertiary/aromatic N) is 3. The molecule has 1 aromatic carbocycles. The lowest BCUT2D eigenvalue weighted by Gasteiger charge is -2.16. The number of fused-ring (bicyclic) bond motifs is 1. The van der Waals surface area contributed by atoms with Crippen molar-refractivity contribution in [2.45, 2.75) is 0 Å². The van der Waals surface area contributed by atoms with Gasteiger partial charge in [-0.3, -0.25) is 4.99 Å². The Bertz CT molecular complexity index is 577. The maximum absolute atomic E-state index is 5.61. The molecule has 0 unspecified atom stereocenters. The maximum Gasteiger partial charge on any atom is 0.168 e. The molecule has 2 heterocycles. The van der Waals surface area contributed by atoms with E-state index < -0.39 is 0 Å². The maximum atomic E-state index is 5.61. The molecule has 0 saturated carbocycles. The smallest absolute Gasteiger partial charge is 0.168 e. The van der Waals surface area contributed by atoms with Gasteiger partial charge in [0.1, 0.15) is 5.84 Å². The van der Waals surface area contributed by atoms with Gasteiger partial charge in [0.05, 0.1) is 23.8 Å². The standard InChI is InChI=1S/C13H13ClN4S/c14-7-12(15)17-10-3-1-9(2-4-10)11-8-19-13-16-5-6-18(11)13/h1-4,8H,5-7H2,(H2,15,17). The Morgan fingerprint density at radius 2 is 2.21 bits per heavy atom. The number of halogens is 1. The molecule has 1 aromatic rings.